The molecule has 0 aliphatic rings. The molecule has 0 atom stereocenters. The van der Waals surface area contributed by atoms with E-state index in [1.165, 1.54) is 5.56 Å². The molecule has 1 aromatic heterocycles. The van der Waals surface area contributed by atoms with Gasteiger partial charge in [0.15, 0.2) is 0 Å². The molecule has 0 unspecified atom stereocenters. The fourth-order valence-electron chi connectivity index (χ4n) is 2.04. The number of nitrogens with zero attached hydrogens (tertiary/aromatic N) is 2. The zero-order chi connectivity index (χ0) is 14.3. The van der Waals surface area contributed by atoms with Gasteiger partial charge in [0, 0.05) is 24.6 Å². The van der Waals surface area contributed by atoms with Crippen molar-refractivity contribution in [2.45, 2.75) is 13.2 Å². The highest BCUT2D eigenvalue weighted by Crippen LogP contribution is 2.09. The van der Waals surface area contributed by atoms with Crippen LogP contribution in [-0.4, -0.2) is 9.55 Å². The molecule has 0 saturated carbocycles. The normalized spacial score (nSPS) is 10.7. The number of imidazole rings is 1. The van der Waals surface area contributed by atoms with E-state index in [9.17, 15) is 0 Å². The van der Waals surface area contributed by atoms with E-state index in [0.717, 1.165) is 11.3 Å². The number of hydroxylamine groups is 1. The van der Waals surface area contributed by atoms with Crippen LogP contribution in [0.2, 0.25) is 0 Å². The summed E-state index contributed by atoms with van der Waals surface area (Å²) < 4.78 is 1.98. The lowest BCUT2D eigenvalue weighted by Crippen LogP contribution is -2.13. The zero-order valence-corrected chi connectivity index (χ0v) is 11.6. The van der Waals surface area contributed by atoms with Gasteiger partial charge in [-0.05, 0) is 23.3 Å². The second-order valence-corrected chi connectivity index (χ2v) is 4.73. The average molecular weight is 279 g/mol. The molecule has 0 radical (unpaired) electrons. The number of hydrogen-bond acceptors (Lipinski definition) is 3. The minimum atomic E-state index is 0.563. The van der Waals surface area contributed by atoms with Gasteiger partial charge < -0.3 is 4.57 Å². The second kappa shape index (κ2) is 6.83. The zero-order valence-electron chi connectivity index (χ0n) is 11.6. The maximum Gasteiger partial charge on any atom is 0.0991 e. The molecule has 0 bridgehead atoms. The van der Waals surface area contributed by atoms with E-state index in [0.29, 0.717) is 13.2 Å². The fourth-order valence-corrected chi connectivity index (χ4v) is 2.04. The van der Waals surface area contributed by atoms with E-state index < -0.39 is 0 Å². The Hall–Kier alpha value is -2.43. The molecule has 4 nitrogen and oxygen atoms in total. The Morgan fingerprint density at radius 3 is 2.48 bits per heavy atom. The van der Waals surface area contributed by atoms with Gasteiger partial charge in [-0.25, -0.2) is 4.98 Å². The molecule has 3 aromatic rings. The van der Waals surface area contributed by atoms with Crippen molar-refractivity contribution < 1.29 is 4.84 Å². The molecular formula is C17H17N3O. The van der Waals surface area contributed by atoms with Crippen LogP contribution in [0.5, 0.6) is 0 Å². The minimum Gasteiger partial charge on any atom is -0.306 e. The van der Waals surface area contributed by atoms with Gasteiger partial charge in [-0.1, -0.05) is 42.5 Å². The maximum atomic E-state index is 5.46. The summed E-state index contributed by atoms with van der Waals surface area (Å²) in [5.74, 6) is 0. The van der Waals surface area contributed by atoms with Crippen LogP contribution in [0.15, 0.2) is 73.3 Å². The lowest BCUT2D eigenvalue weighted by molar-refractivity contribution is 0.0235. The largest absolute Gasteiger partial charge is 0.306 e. The smallest absolute Gasteiger partial charge is 0.0991 e. The van der Waals surface area contributed by atoms with Crippen LogP contribution >= 0.6 is 0 Å². The molecule has 0 saturated heterocycles. The number of benzene rings is 2. The molecule has 0 aliphatic heterocycles. The van der Waals surface area contributed by atoms with Gasteiger partial charge in [0.25, 0.3) is 0 Å². The lowest BCUT2D eigenvalue weighted by atomic mass is 10.2. The van der Waals surface area contributed by atoms with E-state index in [1.807, 2.05) is 41.1 Å². The molecule has 1 heterocycles. The predicted molar refractivity (Wildman–Crippen MR) is 81.6 cm³/mol. The van der Waals surface area contributed by atoms with Crippen LogP contribution < -0.4 is 5.48 Å². The Bertz CT molecular complexity index is 648. The van der Waals surface area contributed by atoms with Crippen molar-refractivity contribution in [1.29, 1.82) is 0 Å². The van der Waals surface area contributed by atoms with Crippen LogP contribution in [-0.2, 0) is 18.0 Å². The van der Waals surface area contributed by atoms with Gasteiger partial charge in [-0.3, -0.25) is 4.84 Å². The van der Waals surface area contributed by atoms with Gasteiger partial charge in [-0.15, -0.1) is 0 Å². The summed E-state index contributed by atoms with van der Waals surface area (Å²) in [6.07, 6.45) is 5.49. The molecule has 106 valence electrons. The highest BCUT2D eigenvalue weighted by atomic mass is 16.6. The molecule has 4 heteroatoms. The molecule has 0 aliphatic carbocycles. The maximum absolute atomic E-state index is 5.46. The van der Waals surface area contributed by atoms with Crippen LogP contribution in [0.25, 0.3) is 5.69 Å². The van der Waals surface area contributed by atoms with Crippen LogP contribution in [0.4, 0.5) is 0 Å². The van der Waals surface area contributed by atoms with E-state index in [1.54, 1.807) is 12.5 Å². The monoisotopic (exact) mass is 279 g/mol. The van der Waals surface area contributed by atoms with E-state index >= 15 is 0 Å². The highest BCUT2D eigenvalue weighted by molar-refractivity contribution is 5.34. The Labute approximate surface area is 124 Å². The number of hydrogen-bond donors (Lipinski definition) is 1. The first kappa shape index (κ1) is 13.5. The first-order chi connectivity index (χ1) is 10.4. The van der Waals surface area contributed by atoms with Crippen molar-refractivity contribution in [3.8, 4) is 5.69 Å². The van der Waals surface area contributed by atoms with Crippen LogP contribution in [0, 0.1) is 0 Å². The van der Waals surface area contributed by atoms with Gasteiger partial charge in [-0.2, -0.15) is 5.48 Å². The van der Waals surface area contributed by atoms with Crippen LogP contribution in [0.1, 0.15) is 11.1 Å². The van der Waals surface area contributed by atoms with Crippen molar-refractivity contribution in [2.75, 3.05) is 0 Å². The summed E-state index contributed by atoms with van der Waals surface area (Å²) in [6, 6.07) is 18.4. The SMILES string of the molecule is c1ccc(CONCc2ccc(-n3ccnc3)cc2)cc1. The third-order valence-electron chi connectivity index (χ3n) is 3.20. The predicted octanol–water partition coefficient (Wildman–Crippen LogP) is 3.09. The highest BCUT2D eigenvalue weighted by Gasteiger charge is 1.97. The lowest BCUT2D eigenvalue weighted by Gasteiger charge is -2.07. The summed E-state index contributed by atoms with van der Waals surface area (Å²) in [6.45, 7) is 1.24. The molecule has 0 fully saturated rings. The first-order valence-corrected chi connectivity index (χ1v) is 6.88. The number of rotatable bonds is 6. The van der Waals surface area contributed by atoms with Crippen molar-refractivity contribution in [1.82, 2.24) is 15.0 Å². The van der Waals surface area contributed by atoms with E-state index in [-0.39, 0.29) is 0 Å². The molecule has 0 spiro atoms. The topological polar surface area (TPSA) is 39.1 Å². The van der Waals surface area contributed by atoms with E-state index in [4.69, 9.17) is 4.84 Å². The Balaban J connectivity index is 1.47. The second-order valence-electron chi connectivity index (χ2n) is 4.73. The molecule has 3 rings (SSSR count). The standard InChI is InChI=1S/C17H17N3O/c1-2-4-16(5-3-1)13-21-19-12-15-6-8-17(9-7-15)20-11-10-18-14-20/h1-11,14,19H,12-13H2. The van der Waals surface area contributed by atoms with Gasteiger partial charge in [0.2, 0.25) is 0 Å². The number of nitrogens with one attached hydrogen (secondary N) is 1. The summed E-state index contributed by atoms with van der Waals surface area (Å²) in [5, 5.41) is 0. The van der Waals surface area contributed by atoms with Crippen LogP contribution in [0.3, 0.4) is 0 Å². The minimum absolute atomic E-state index is 0.563. The molecule has 2 aromatic carbocycles. The van der Waals surface area contributed by atoms with E-state index in [2.05, 4.69) is 34.7 Å². The van der Waals surface area contributed by atoms with Gasteiger partial charge in [0.05, 0.1) is 12.9 Å². The summed E-state index contributed by atoms with van der Waals surface area (Å²) in [7, 11) is 0. The Morgan fingerprint density at radius 1 is 0.952 bits per heavy atom. The quantitative estimate of drug-likeness (QED) is 0.556. The van der Waals surface area contributed by atoms with Crippen molar-refractivity contribution in [2.24, 2.45) is 0 Å². The Kier molecular flexibility index (Phi) is 4.41. The molecule has 21 heavy (non-hydrogen) atoms. The van der Waals surface area contributed by atoms with Gasteiger partial charge >= 0.3 is 0 Å². The van der Waals surface area contributed by atoms with Gasteiger partial charge in [0.1, 0.15) is 0 Å². The average Bonchev–Trinajstić information content (AvgIpc) is 3.08. The Morgan fingerprint density at radius 2 is 1.76 bits per heavy atom. The van der Waals surface area contributed by atoms with Crippen molar-refractivity contribution in [3.05, 3.63) is 84.4 Å². The first-order valence-electron chi connectivity index (χ1n) is 6.88. The molecular weight excluding hydrogens is 262 g/mol. The fraction of sp³-hybridized carbons (Fsp3) is 0.118. The summed E-state index contributed by atoms with van der Waals surface area (Å²) in [4.78, 5) is 9.50. The summed E-state index contributed by atoms with van der Waals surface area (Å²) in [5.41, 5.74) is 6.41. The third-order valence-corrected chi connectivity index (χ3v) is 3.20. The number of aromatic nitrogens is 2. The van der Waals surface area contributed by atoms with Crippen molar-refractivity contribution in [3.63, 3.8) is 0 Å². The molecule has 1 N–H and O–H groups in total. The third kappa shape index (κ3) is 3.78. The van der Waals surface area contributed by atoms with Crippen molar-refractivity contribution >= 4 is 0 Å². The molecule has 0 amide bonds. The summed E-state index contributed by atoms with van der Waals surface area (Å²) >= 11 is 0.